The largest absolute Gasteiger partial charge is 0.506 e. The number of sulfonamides is 1. The van der Waals surface area contributed by atoms with Crippen molar-refractivity contribution in [2.24, 2.45) is 0 Å². The molecule has 2 N–H and O–H groups in total. The molecular formula is C18H14BrN5O4S2. The van der Waals surface area contributed by atoms with Crippen LogP contribution in [-0.2, 0) is 26.7 Å². The van der Waals surface area contributed by atoms with Crippen LogP contribution in [0.4, 0.5) is 5.69 Å². The van der Waals surface area contributed by atoms with Gasteiger partial charge in [-0.05, 0) is 35.5 Å². The first-order valence-corrected chi connectivity index (χ1v) is 12.1. The summed E-state index contributed by atoms with van der Waals surface area (Å²) in [5.74, 6) is -0.346. The molecule has 9 nitrogen and oxygen atoms in total. The van der Waals surface area contributed by atoms with E-state index in [0.29, 0.717) is 10.8 Å². The number of tetrazole rings is 1. The second-order valence-electron chi connectivity index (χ2n) is 6.16. The smallest absolute Gasteiger partial charge is 0.261 e. The van der Waals surface area contributed by atoms with Crippen molar-refractivity contribution in [1.29, 1.82) is 0 Å². The molecule has 30 heavy (non-hydrogen) atoms. The zero-order chi connectivity index (χ0) is 21.3. The highest BCUT2D eigenvalue weighted by molar-refractivity contribution is 9.10. The monoisotopic (exact) mass is 507 g/mol. The predicted molar refractivity (Wildman–Crippen MR) is 115 cm³/mol. The van der Waals surface area contributed by atoms with E-state index in [9.17, 15) is 17.7 Å². The Balaban J connectivity index is 1.80. The van der Waals surface area contributed by atoms with Crippen LogP contribution in [0.3, 0.4) is 0 Å². The van der Waals surface area contributed by atoms with Crippen LogP contribution in [0, 0.1) is 0 Å². The molecule has 0 aliphatic rings. The number of phenolic OH excluding ortho intramolecular Hbond substituents is 1. The third kappa shape index (κ3) is 4.06. The van der Waals surface area contributed by atoms with Crippen molar-refractivity contribution < 1.29 is 17.7 Å². The van der Waals surface area contributed by atoms with Gasteiger partial charge in [-0.1, -0.05) is 40.2 Å². The van der Waals surface area contributed by atoms with Crippen molar-refractivity contribution in [3.05, 3.63) is 65.4 Å². The number of anilines is 1. The van der Waals surface area contributed by atoms with Gasteiger partial charge in [0.2, 0.25) is 0 Å². The molecule has 1 atom stereocenters. The third-order valence-electron chi connectivity index (χ3n) is 4.22. The van der Waals surface area contributed by atoms with Crippen LogP contribution in [0.1, 0.15) is 0 Å². The fourth-order valence-electron chi connectivity index (χ4n) is 2.83. The lowest BCUT2D eigenvalue weighted by molar-refractivity contribution is 0.467. The number of hydrogen-bond acceptors (Lipinski definition) is 7. The Morgan fingerprint density at radius 1 is 1.10 bits per heavy atom. The normalized spacial score (nSPS) is 12.7. The Morgan fingerprint density at radius 2 is 1.80 bits per heavy atom. The van der Waals surface area contributed by atoms with Gasteiger partial charge < -0.3 is 5.11 Å². The molecule has 3 aromatic carbocycles. The fourth-order valence-corrected chi connectivity index (χ4v) is 5.21. The zero-order valence-corrected chi connectivity index (χ0v) is 18.4. The van der Waals surface area contributed by atoms with Gasteiger partial charge in [0.05, 0.1) is 26.3 Å². The summed E-state index contributed by atoms with van der Waals surface area (Å²) in [4.78, 5) is 1.24. The Morgan fingerprint density at radius 3 is 2.47 bits per heavy atom. The minimum absolute atomic E-state index is 0.0551. The molecule has 0 saturated heterocycles. The number of nitrogens with zero attached hydrogens (tertiary/aromatic N) is 4. The fraction of sp³-hybridized carbons (Fsp3) is 0.0556. The third-order valence-corrected chi connectivity index (χ3v) is 7.40. The Bertz CT molecular complexity index is 1340. The number of hydrogen-bond donors (Lipinski definition) is 2. The summed E-state index contributed by atoms with van der Waals surface area (Å²) >= 11 is 3.28. The number of benzene rings is 3. The topological polar surface area (TPSA) is 127 Å². The van der Waals surface area contributed by atoms with Crippen LogP contribution in [0.15, 0.2) is 75.2 Å². The maximum absolute atomic E-state index is 12.9. The Labute approximate surface area is 182 Å². The lowest BCUT2D eigenvalue weighted by Crippen LogP contribution is -2.14. The van der Waals surface area contributed by atoms with Crippen molar-refractivity contribution in [2.75, 3.05) is 4.72 Å². The van der Waals surface area contributed by atoms with Gasteiger partial charge in [0.25, 0.3) is 10.0 Å². The van der Waals surface area contributed by atoms with Crippen molar-refractivity contribution in [3.8, 4) is 5.75 Å². The van der Waals surface area contributed by atoms with Crippen molar-refractivity contribution >= 4 is 53.2 Å². The molecule has 0 aliphatic heterocycles. The van der Waals surface area contributed by atoms with Gasteiger partial charge in [-0.2, -0.15) is 4.80 Å². The summed E-state index contributed by atoms with van der Waals surface area (Å²) in [6.07, 6.45) is 1.20. The molecule has 0 fully saturated rings. The van der Waals surface area contributed by atoms with E-state index in [1.807, 2.05) is 0 Å². The van der Waals surface area contributed by atoms with Crippen LogP contribution >= 0.6 is 15.9 Å². The van der Waals surface area contributed by atoms with Crippen LogP contribution in [-0.4, -0.2) is 37.9 Å². The molecule has 0 saturated carbocycles. The van der Waals surface area contributed by atoms with E-state index < -0.39 is 20.8 Å². The average molecular weight is 508 g/mol. The number of halogens is 1. The summed E-state index contributed by atoms with van der Waals surface area (Å²) < 4.78 is 41.9. The van der Waals surface area contributed by atoms with Gasteiger partial charge in [0.15, 0.2) is 6.33 Å². The van der Waals surface area contributed by atoms with Gasteiger partial charge in [0, 0.05) is 15.2 Å². The van der Waals surface area contributed by atoms with E-state index in [4.69, 9.17) is 0 Å². The number of nitrogens with one attached hydrogen (secondary N) is 1. The molecule has 0 radical (unpaired) electrons. The number of rotatable bonds is 6. The molecule has 1 unspecified atom stereocenters. The molecule has 0 aliphatic carbocycles. The van der Waals surface area contributed by atoms with Gasteiger partial charge in [-0.15, -0.1) is 10.2 Å². The minimum Gasteiger partial charge on any atom is -0.506 e. The van der Waals surface area contributed by atoms with Crippen molar-refractivity contribution in [2.45, 2.75) is 15.7 Å². The zero-order valence-electron chi connectivity index (χ0n) is 15.1. The van der Waals surface area contributed by atoms with Crippen LogP contribution in [0.25, 0.3) is 10.8 Å². The highest BCUT2D eigenvalue weighted by Crippen LogP contribution is 2.37. The number of aromatic nitrogens is 4. The van der Waals surface area contributed by atoms with Crippen LogP contribution in [0.2, 0.25) is 0 Å². The summed E-state index contributed by atoms with van der Waals surface area (Å²) in [6, 6.07) is 14.2. The quantitative estimate of drug-likeness (QED) is 0.384. The first kappa shape index (κ1) is 20.4. The van der Waals surface area contributed by atoms with E-state index in [1.165, 1.54) is 24.5 Å². The summed E-state index contributed by atoms with van der Waals surface area (Å²) in [5.41, 5.74) is 0.196. The molecule has 154 valence electrons. The van der Waals surface area contributed by atoms with Crippen LogP contribution in [0.5, 0.6) is 5.75 Å². The van der Waals surface area contributed by atoms with Crippen LogP contribution < -0.4 is 4.72 Å². The number of aromatic hydroxyl groups is 1. The van der Waals surface area contributed by atoms with Crippen molar-refractivity contribution in [1.82, 2.24) is 20.2 Å². The van der Waals surface area contributed by atoms with E-state index >= 15 is 0 Å². The molecule has 12 heteroatoms. The maximum Gasteiger partial charge on any atom is 0.261 e. The van der Waals surface area contributed by atoms with Gasteiger partial charge in [0.1, 0.15) is 11.6 Å². The van der Waals surface area contributed by atoms with E-state index in [2.05, 4.69) is 36.1 Å². The maximum atomic E-state index is 12.9. The molecule has 0 amide bonds. The molecule has 4 aromatic rings. The second kappa shape index (κ2) is 8.13. The van der Waals surface area contributed by atoms with E-state index in [0.717, 1.165) is 9.27 Å². The molecular weight excluding hydrogens is 494 g/mol. The minimum atomic E-state index is -3.92. The lowest BCUT2D eigenvalue weighted by Gasteiger charge is -2.15. The molecule has 1 heterocycles. The predicted octanol–water partition coefficient (Wildman–Crippen LogP) is 2.86. The number of fused-ring (bicyclic) bond motifs is 1. The summed E-state index contributed by atoms with van der Waals surface area (Å²) in [5, 5.41) is 22.5. The van der Waals surface area contributed by atoms with Crippen molar-refractivity contribution in [3.63, 3.8) is 0 Å². The Kier molecular flexibility index (Phi) is 5.54. The summed E-state index contributed by atoms with van der Waals surface area (Å²) in [6.45, 7) is 0. The standard InChI is InChI=1S/C18H14BrN5O4S2/c19-12-5-7-13(8-6-12)30(27,28)22-16-9-17(29(26)11-24-21-10-20-23-24)18(25)15-4-2-1-3-14(15)16/h1-10,22,25H,11H2. The first-order valence-electron chi connectivity index (χ1n) is 8.47. The molecule has 4 rings (SSSR count). The van der Waals surface area contributed by atoms with E-state index in [-0.39, 0.29) is 27.1 Å². The lowest BCUT2D eigenvalue weighted by atomic mass is 10.1. The van der Waals surface area contributed by atoms with Gasteiger partial charge in [-0.3, -0.25) is 8.93 Å². The van der Waals surface area contributed by atoms with Gasteiger partial charge >= 0.3 is 0 Å². The molecule has 0 spiro atoms. The highest BCUT2D eigenvalue weighted by Gasteiger charge is 2.21. The van der Waals surface area contributed by atoms with Gasteiger partial charge in [-0.25, -0.2) is 8.42 Å². The first-order chi connectivity index (χ1) is 14.3. The second-order valence-corrected chi connectivity index (χ2v) is 10.1. The van der Waals surface area contributed by atoms with E-state index in [1.54, 1.807) is 36.4 Å². The average Bonchev–Trinajstić information content (AvgIpc) is 3.23. The Hall–Kier alpha value is -2.83. The number of phenols is 1. The SMILES string of the molecule is O=S(Cn1ncnn1)c1cc(NS(=O)(=O)c2ccc(Br)cc2)c2ccccc2c1O. The summed E-state index contributed by atoms with van der Waals surface area (Å²) in [7, 11) is -5.68. The molecule has 0 bridgehead atoms. The highest BCUT2D eigenvalue weighted by atomic mass is 79.9. The molecule has 1 aromatic heterocycles.